The van der Waals surface area contributed by atoms with Crippen molar-refractivity contribution in [3.63, 3.8) is 0 Å². The normalized spacial score (nSPS) is 13.4. The Labute approximate surface area is 404 Å². The minimum Gasteiger partial charge on any atom is -0.310 e. The maximum Gasteiger partial charge on any atom is 0.0714 e. The molecule has 0 fully saturated rings. The molecular weight excluding hydrogens is 831 g/mol. The molecule has 2 aliphatic carbocycles. The number of anilines is 3. The molecule has 13 rings (SSSR count). The number of benzene rings is 11. The van der Waals surface area contributed by atoms with Gasteiger partial charge in [-0.15, -0.1) is 0 Å². The minimum atomic E-state index is -0.520. The molecule has 0 heterocycles. The fraction of sp³-hybridized carbons (Fsp3) is 0.0294. The summed E-state index contributed by atoms with van der Waals surface area (Å²) in [6, 6.07) is 105. The van der Waals surface area contributed by atoms with E-state index in [1.165, 1.54) is 89.0 Å². The van der Waals surface area contributed by atoms with Gasteiger partial charge in [-0.3, -0.25) is 0 Å². The summed E-state index contributed by atoms with van der Waals surface area (Å²) in [6.45, 7) is 0. The zero-order valence-corrected chi connectivity index (χ0v) is 38.1. The van der Waals surface area contributed by atoms with Crippen molar-refractivity contribution in [2.24, 2.45) is 0 Å². The third-order valence-corrected chi connectivity index (χ3v) is 14.8. The van der Waals surface area contributed by atoms with E-state index in [1.54, 1.807) is 0 Å². The number of nitrogens with zero attached hydrogens (tertiary/aromatic N) is 1. The Hall–Kier alpha value is -8.78. The van der Waals surface area contributed by atoms with Gasteiger partial charge in [0.05, 0.1) is 16.5 Å². The van der Waals surface area contributed by atoms with Crippen molar-refractivity contribution >= 4 is 17.1 Å². The molecule has 0 saturated heterocycles. The van der Waals surface area contributed by atoms with Crippen LogP contribution in [-0.2, 0) is 10.8 Å². The summed E-state index contributed by atoms with van der Waals surface area (Å²) in [5.74, 6) is 0. The minimum absolute atomic E-state index is 0.469. The molecule has 1 heteroatoms. The lowest BCUT2D eigenvalue weighted by atomic mass is 9.67. The van der Waals surface area contributed by atoms with Crippen LogP contribution in [0.25, 0.3) is 44.5 Å². The Balaban J connectivity index is 1.00. The van der Waals surface area contributed by atoms with Crippen LogP contribution in [0.4, 0.5) is 17.1 Å². The fourth-order valence-electron chi connectivity index (χ4n) is 12.0. The first-order valence-corrected chi connectivity index (χ1v) is 24.0. The molecule has 2 aliphatic rings. The Morgan fingerprint density at radius 1 is 0.232 bits per heavy atom. The molecule has 0 aromatic heterocycles. The molecule has 0 spiro atoms. The Kier molecular flexibility index (Phi) is 9.70. The molecule has 0 bridgehead atoms. The quantitative estimate of drug-likeness (QED) is 0.140. The van der Waals surface area contributed by atoms with Crippen LogP contribution >= 0.6 is 0 Å². The Morgan fingerprint density at radius 3 is 1.23 bits per heavy atom. The molecule has 1 nitrogen and oxygen atoms in total. The average Bonchev–Trinajstić information content (AvgIpc) is 3.91. The molecule has 324 valence electrons. The molecule has 69 heavy (non-hydrogen) atoms. The van der Waals surface area contributed by atoms with Gasteiger partial charge in [0.1, 0.15) is 0 Å². The van der Waals surface area contributed by atoms with E-state index in [0.29, 0.717) is 0 Å². The summed E-state index contributed by atoms with van der Waals surface area (Å²) < 4.78 is 0. The Morgan fingerprint density at radius 2 is 0.638 bits per heavy atom. The van der Waals surface area contributed by atoms with Gasteiger partial charge in [-0.25, -0.2) is 0 Å². The molecule has 0 N–H and O–H groups in total. The monoisotopic (exact) mass is 877 g/mol. The van der Waals surface area contributed by atoms with Crippen LogP contribution in [0.3, 0.4) is 0 Å². The Bertz CT molecular complexity index is 3560. The summed E-state index contributed by atoms with van der Waals surface area (Å²) >= 11 is 0. The topological polar surface area (TPSA) is 3.24 Å². The summed E-state index contributed by atoms with van der Waals surface area (Å²) in [4.78, 5) is 2.48. The first-order valence-electron chi connectivity index (χ1n) is 24.0. The zero-order chi connectivity index (χ0) is 45.8. The van der Waals surface area contributed by atoms with Crippen LogP contribution in [0.15, 0.2) is 285 Å². The summed E-state index contributed by atoms with van der Waals surface area (Å²) in [7, 11) is 0. The number of rotatable bonds is 9. The average molecular weight is 878 g/mol. The van der Waals surface area contributed by atoms with Gasteiger partial charge < -0.3 is 4.90 Å². The first kappa shape index (κ1) is 40.5. The lowest BCUT2D eigenvalue weighted by molar-refractivity contribution is 0.768. The van der Waals surface area contributed by atoms with E-state index >= 15 is 0 Å². The SMILES string of the molecule is c1ccc(-c2cccc(N(c3ccc(-c4ccc5c(c4)C(c4ccccc4)(c4ccccc4)c4ccccc4-5)cc3)c3cccc4c3-c3ccccc3C4(c3ccccc3)c3ccccc3)c2)cc1. The van der Waals surface area contributed by atoms with Gasteiger partial charge in [-0.2, -0.15) is 0 Å². The van der Waals surface area contributed by atoms with Crippen LogP contribution < -0.4 is 4.90 Å². The smallest absolute Gasteiger partial charge is 0.0714 e. The third kappa shape index (κ3) is 6.24. The van der Waals surface area contributed by atoms with Crippen LogP contribution in [0.1, 0.15) is 44.5 Å². The van der Waals surface area contributed by atoms with Crippen molar-refractivity contribution in [2.45, 2.75) is 10.8 Å². The van der Waals surface area contributed by atoms with Gasteiger partial charge in [0.2, 0.25) is 0 Å². The van der Waals surface area contributed by atoms with E-state index < -0.39 is 10.8 Å². The lowest BCUT2D eigenvalue weighted by Crippen LogP contribution is -2.28. The number of hydrogen-bond acceptors (Lipinski definition) is 1. The second kappa shape index (κ2) is 16.5. The second-order valence-electron chi connectivity index (χ2n) is 18.3. The van der Waals surface area contributed by atoms with Gasteiger partial charge in [0.15, 0.2) is 0 Å². The zero-order valence-electron chi connectivity index (χ0n) is 38.1. The van der Waals surface area contributed by atoms with E-state index in [2.05, 4.69) is 290 Å². The van der Waals surface area contributed by atoms with Gasteiger partial charge in [-0.05, 0) is 120 Å². The molecule has 0 amide bonds. The lowest BCUT2D eigenvalue weighted by Gasteiger charge is -2.34. The molecule has 0 radical (unpaired) electrons. The van der Waals surface area contributed by atoms with E-state index in [0.717, 1.165) is 17.1 Å². The molecule has 0 unspecified atom stereocenters. The molecule has 0 atom stereocenters. The molecular formula is C68H47N. The van der Waals surface area contributed by atoms with Crippen molar-refractivity contribution in [3.05, 3.63) is 330 Å². The van der Waals surface area contributed by atoms with Crippen molar-refractivity contribution < 1.29 is 0 Å². The van der Waals surface area contributed by atoms with Gasteiger partial charge >= 0.3 is 0 Å². The van der Waals surface area contributed by atoms with Crippen molar-refractivity contribution in [2.75, 3.05) is 4.90 Å². The highest BCUT2D eigenvalue weighted by atomic mass is 15.1. The highest BCUT2D eigenvalue weighted by molar-refractivity contribution is 5.98. The van der Waals surface area contributed by atoms with E-state index in [1.807, 2.05) is 0 Å². The largest absolute Gasteiger partial charge is 0.310 e. The van der Waals surface area contributed by atoms with E-state index in [-0.39, 0.29) is 0 Å². The van der Waals surface area contributed by atoms with Crippen LogP contribution in [0.2, 0.25) is 0 Å². The summed E-state index contributed by atoms with van der Waals surface area (Å²) in [5.41, 5.74) is 22.3. The van der Waals surface area contributed by atoms with Crippen molar-refractivity contribution in [3.8, 4) is 44.5 Å². The van der Waals surface area contributed by atoms with E-state index in [9.17, 15) is 0 Å². The maximum absolute atomic E-state index is 2.48. The van der Waals surface area contributed by atoms with Gasteiger partial charge in [-0.1, -0.05) is 249 Å². The van der Waals surface area contributed by atoms with Crippen molar-refractivity contribution in [1.29, 1.82) is 0 Å². The highest BCUT2D eigenvalue weighted by Gasteiger charge is 2.48. The predicted molar refractivity (Wildman–Crippen MR) is 287 cm³/mol. The number of hydrogen-bond donors (Lipinski definition) is 0. The van der Waals surface area contributed by atoms with Gasteiger partial charge in [0, 0.05) is 16.9 Å². The molecule has 0 aliphatic heterocycles. The molecule has 11 aromatic carbocycles. The fourth-order valence-corrected chi connectivity index (χ4v) is 12.0. The van der Waals surface area contributed by atoms with Crippen LogP contribution in [0.5, 0.6) is 0 Å². The van der Waals surface area contributed by atoms with E-state index in [4.69, 9.17) is 0 Å². The summed E-state index contributed by atoms with van der Waals surface area (Å²) in [6.07, 6.45) is 0. The summed E-state index contributed by atoms with van der Waals surface area (Å²) in [5, 5.41) is 0. The molecule has 11 aromatic rings. The number of fused-ring (bicyclic) bond motifs is 6. The predicted octanol–water partition coefficient (Wildman–Crippen LogP) is 17.2. The van der Waals surface area contributed by atoms with Gasteiger partial charge in [0.25, 0.3) is 0 Å². The highest BCUT2D eigenvalue weighted by Crippen LogP contribution is 2.60. The van der Waals surface area contributed by atoms with Crippen LogP contribution in [-0.4, -0.2) is 0 Å². The van der Waals surface area contributed by atoms with Crippen LogP contribution in [0, 0.1) is 0 Å². The molecule has 0 saturated carbocycles. The first-order chi connectivity index (χ1) is 34.2. The standard InChI is InChI=1S/C68H47N/c1-6-22-48(23-7-1)50-24-20-33-57(46-50)69(65-39-21-38-63-66(65)60-35-17-19-37-62(60)67(63,52-25-8-2-9-26-52)53-27-10-3-11-28-53)56-43-40-49(41-44-56)51-42-45-59-58-34-16-18-36-61(58)68(64(59)47-51,54-29-12-4-13-30-54)55-31-14-5-15-32-55/h1-47H. The maximum atomic E-state index is 2.48. The van der Waals surface area contributed by atoms with Crippen molar-refractivity contribution in [1.82, 2.24) is 0 Å². The third-order valence-electron chi connectivity index (χ3n) is 14.8. The second-order valence-corrected chi connectivity index (χ2v) is 18.3.